The van der Waals surface area contributed by atoms with Crippen LogP contribution >= 0.6 is 0 Å². The number of aliphatic hydroxyl groups excluding tert-OH is 1. The maximum atomic E-state index is 9.33. The van der Waals surface area contributed by atoms with E-state index in [0.29, 0.717) is 23.5 Å². The Morgan fingerprint density at radius 3 is 2.76 bits per heavy atom. The summed E-state index contributed by atoms with van der Waals surface area (Å²) in [7, 11) is 0. The summed E-state index contributed by atoms with van der Waals surface area (Å²) < 4.78 is 0. The Balaban J connectivity index is 1.88. The number of rotatable bonds is 4. The fourth-order valence-electron chi connectivity index (χ4n) is 2.50. The van der Waals surface area contributed by atoms with E-state index in [4.69, 9.17) is 5.73 Å². The van der Waals surface area contributed by atoms with E-state index in [-0.39, 0.29) is 6.61 Å². The van der Waals surface area contributed by atoms with Gasteiger partial charge in [-0.1, -0.05) is 12.8 Å². The molecule has 2 unspecified atom stereocenters. The van der Waals surface area contributed by atoms with Crippen molar-refractivity contribution < 1.29 is 5.11 Å². The fourth-order valence-corrected chi connectivity index (χ4v) is 2.50. The Hall–Kier alpha value is -1.36. The summed E-state index contributed by atoms with van der Waals surface area (Å²) in [6.07, 6.45) is 8.00. The first-order valence-corrected chi connectivity index (χ1v) is 6.22. The Labute approximate surface area is 101 Å². The van der Waals surface area contributed by atoms with Gasteiger partial charge in [0.05, 0.1) is 12.4 Å². The molecular weight excluding hydrogens is 216 g/mol. The second kappa shape index (κ2) is 5.82. The van der Waals surface area contributed by atoms with E-state index in [0.717, 1.165) is 13.0 Å². The number of aliphatic hydroxyl groups is 1. The molecule has 1 aliphatic rings. The molecule has 0 bridgehead atoms. The standard InChI is InChI=1S/C12H20N4O/c13-11-6-14-7-12(16-11)15-5-9-3-1-2-4-10(9)8-17/h6-7,9-10,17H,1-5,8H2,(H3,13,15,16). The third kappa shape index (κ3) is 3.30. The number of nitrogen functional groups attached to an aromatic ring is 1. The van der Waals surface area contributed by atoms with Gasteiger partial charge in [-0.25, -0.2) is 4.98 Å². The number of nitrogens with two attached hydrogens (primary N) is 1. The van der Waals surface area contributed by atoms with E-state index < -0.39 is 0 Å². The average molecular weight is 236 g/mol. The molecule has 2 rings (SSSR count). The summed E-state index contributed by atoms with van der Waals surface area (Å²) in [5.74, 6) is 2.09. The van der Waals surface area contributed by atoms with Gasteiger partial charge in [0.25, 0.3) is 0 Å². The molecule has 0 aromatic carbocycles. The zero-order valence-electron chi connectivity index (χ0n) is 9.97. The third-order valence-corrected chi connectivity index (χ3v) is 3.50. The number of nitrogens with one attached hydrogen (secondary N) is 1. The van der Waals surface area contributed by atoms with Gasteiger partial charge in [-0.2, -0.15) is 0 Å². The van der Waals surface area contributed by atoms with Crippen LogP contribution in [0.15, 0.2) is 12.4 Å². The molecule has 2 atom stereocenters. The van der Waals surface area contributed by atoms with Crippen LogP contribution in [0.4, 0.5) is 11.6 Å². The smallest absolute Gasteiger partial charge is 0.146 e. The highest BCUT2D eigenvalue weighted by atomic mass is 16.3. The average Bonchev–Trinajstić information content (AvgIpc) is 2.37. The van der Waals surface area contributed by atoms with E-state index in [2.05, 4.69) is 15.3 Å². The maximum Gasteiger partial charge on any atom is 0.146 e. The zero-order chi connectivity index (χ0) is 12.1. The number of nitrogens with zero attached hydrogens (tertiary/aromatic N) is 2. The van der Waals surface area contributed by atoms with Crippen molar-refractivity contribution in [1.29, 1.82) is 0 Å². The summed E-state index contributed by atoms with van der Waals surface area (Å²) in [5, 5.41) is 12.6. The van der Waals surface area contributed by atoms with Crippen LogP contribution in [0.25, 0.3) is 0 Å². The van der Waals surface area contributed by atoms with E-state index >= 15 is 0 Å². The molecule has 0 saturated heterocycles. The Kier molecular flexibility index (Phi) is 4.14. The monoisotopic (exact) mass is 236 g/mol. The lowest BCUT2D eigenvalue weighted by Gasteiger charge is -2.30. The van der Waals surface area contributed by atoms with E-state index in [9.17, 15) is 5.11 Å². The minimum atomic E-state index is 0.287. The molecule has 0 radical (unpaired) electrons. The van der Waals surface area contributed by atoms with Gasteiger partial charge in [0.15, 0.2) is 0 Å². The van der Waals surface area contributed by atoms with Crippen LogP contribution in [0.1, 0.15) is 25.7 Å². The highest BCUT2D eigenvalue weighted by Crippen LogP contribution is 2.29. The van der Waals surface area contributed by atoms with Crippen molar-refractivity contribution >= 4 is 11.6 Å². The molecule has 0 spiro atoms. The highest BCUT2D eigenvalue weighted by Gasteiger charge is 2.24. The molecule has 17 heavy (non-hydrogen) atoms. The van der Waals surface area contributed by atoms with Crippen molar-refractivity contribution in [2.45, 2.75) is 25.7 Å². The van der Waals surface area contributed by atoms with Crippen LogP contribution in [0.2, 0.25) is 0 Å². The summed E-state index contributed by atoms with van der Waals surface area (Å²) in [5.41, 5.74) is 5.57. The first-order valence-electron chi connectivity index (χ1n) is 6.22. The number of anilines is 2. The van der Waals surface area contributed by atoms with Crippen molar-refractivity contribution in [2.24, 2.45) is 11.8 Å². The third-order valence-electron chi connectivity index (χ3n) is 3.50. The summed E-state index contributed by atoms with van der Waals surface area (Å²) in [6.45, 7) is 1.12. The van der Waals surface area contributed by atoms with E-state index in [1.807, 2.05) is 0 Å². The normalized spacial score (nSPS) is 24.5. The van der Waals surface area contributed by atoms with Gasteiger partial charge >= 0.3 is 0 Å². The lowest BCUT2D eigenvalue weighted by Crippen LogP contribution is -2.28. The van der Waals surface area contributed by atoms with Crippen molar-refractivity contribution in [3.63, 3.8) is 0 Å². The molecule has 1 saturated carbocycles. The van der Waals surface area contributed by atoms with Gasteiger partial charge in [-0.3, -0.25) is 4.98 Å². The van der Waals surface area contributed by atoms with Crippen molar-refractivity contribution in [2.75, 3.05) is 24.2 Å². The predicted molar refractivity (Wildman–Crippen MR) is 67.5 cm³/mol. The maximum absolute atomic E-state index is 9.33. The van der Waals surface area contributed by atoms with Crippen LogP contribution in [0.5, 0.6) is 0 Å². The van der Waals surface area contributed by atoms with Crippen LogP contribution in [-0.2, 0) is 0 Å². The Morgan fingerprint density at radius 2 is 2.06 bits per heavy atom. The molecule has 1 aromatic rings. The molecule has 5 nitrogen and oxygen atoms in total. The lowest BCUT2D eigenvalue weighted by molar-refractivity contribution is 0.141. The number of hydrogen-bond acceptors (Lipinski definition) is 5. The van der Waals surface area contributed by atoms with Gasteiger partial charge in [-0.15, -0.1) is 0 Å². The van der Waals surface area contributed by atoms with Gasteiger partial charge in [0.1, 0.15) is 11.6 Å². The van der Waals surface area contributed by atoms with Crippen LogP contribution in [0, 0.1) is 11.8 Å². The number of aromatic nitrogens is 2. The highest BCUT2D eigenvalue weighted by molar-refractivity contribution is 5.38. The van der Waals surface area contributed by atoms with Gasteiger partial charge in [0.2, 0.25) is 0 Å². The Bertz CT molecular complexity index is 358. The molecule has 1 aromatic heterocycles. The molecule has 0 aliphatic heterocycles. The Morgan fingerprint density at radius 1 is 1.29 bits per heavy atom. The van der Waals surface area contributed by atoms with Crippen molar-refractivity contribution in [3.05, 3.63) is 12.4 Å². The molecule has 1 heterocycles. The molecular formula is C12H20N4O. The van der Waals surface area contributed by atoms with Gasteiger partial charge in [-0.05, 0) is 24.7 Å². The minimum Gasteiger partial charge on any atom is -0.396 e. The molecule has 1 aliphatic carbocycles. The zero-order valence-corrected chi connectivity index (χ0v) is 9.97. The van der Waals surface area contributed by atoms with Crippen molar-refractivity contribution in [3.8, 4) is 0 Å². The SMILES string of the molecule is Nc1cncc(NCC2CCCCC2CO)n1. The number of hydrogen-bond donors (Lipinski definition) is 3. The van der Waals surface area contributed by atoms with E-state index in [1.165, 1.54) is 25.5 Å². The van der Waals surface area contributed by atoms with E-state index in [1.54, 1.807) is 6.20 Å². The second-order valence-electron chi connectivity index (χ2n) is 4.70. The predicted octanol–water partition coefficient (Wildman–Crippen LogP) is 1.27. The molecule has 1 fully saturated rings. The van der Waals surface area contributed by atoms with Crippen LogP contribution < -0.4 is 11.1 Å². The summed E-state index contributed by atoms with van der Waals surface area (Å²) in [4.78, 5) is 8.14. The fraction of sp³-hybridized carbons (Fsp3) is 0.667. The second-order valence-corrected chi connectivity index (χ2v) is 4.70. The minimum absolute atomic E-state index is 0.287. The van der Waals surface area contributed by atoms with Crippen molar-refractivity contribution in [1.82, 2.24) is 9.97 Å². The first-order chi connectivity index (χ1) is 8.29. The largest absolute Gasteiger partial charge is 0.396 e. The van der Waals surface area contributed by atoms with Gasteiger partial charge in [0, 0.05) is 13.2 Å². The first kappa shape index (κ1) is 12.1. The van der Waals surface area contributed by atoms with Crippen LogP contribution in [-0.4, -0.2) is 28.2 Å². The van der Waals surface area contributed by atoms with Crippen LogP contribution in [0.3, 0.4) is 0 Å². The lowest BCUT2D eigenvalue weighted by atomic mass is 9.79. The topological polar surface area (TPSA) is 84.1 Å². The molecule has 5 heteroatoms. The summed E-state index contributed by atoms with van der Waals surface area (Å²) >= 11 is 0. The molecule has 94 valence electrons. The van der Waals surface area contributed by atoms with Gasteiger partial charge < -0.3 is 16.2 Å². The molecule has 4 N–H and O–H groups in total. The molecule has 0 amide bonds. The summed E-state index contributed by atoms with van der Waals surface area (Å²) in [6, 6.07) is 0. The quantitative estimate of drug-likeness (QED) is 0.733.